The van der Waals surface area contributed by atoms with Crippen molar-refractivity contribution >= 4 is 23.9 Å². The number of alkyl carbamates (subject to hydrolysis) is 1. The highest BCUT2D eigenvalue weighted by Crippen LogP contribution is 2.32. The molecule has 0 fully saturated rings. The third kappa shape index (κ3) is 11.2. The largest absolute Gasteiger partial charge is 0.508 e. The highest BCUT2D eigenvalue weighted by molar-refractivity contribution is 5.93. The molecule has 3 amide bonds. The van der Waals surface area contributed by atoms with Crippen molar-refractivity contribution in [3.63, 3.8) is 0 Å². The molecule has 0 aliphatic rings. The number of esters is 1. The molecule has 0 saturated heterocycles. The van der Waals surface area contributed by atoms with E-state index in [0.717, 1.165) is 0 Å². The summed E-state index contributed by atoms with van der Waals surface area (Å²) >= 11 is 0. The summed E-state index contributed by atoms with van der Waals surface area (Å²) in [6.45, 7) is 16.6. The average Bonchev–Trinajstić information content (AvgIpc) is 2.91. The zero-order valence-corrected chi connectivity index (χ0v) is 28.5. The number of benzene rings is 2. The lowest BCUT2D eigenvalue weighted by atomic mass is 9.84. The second-order valence-corrected chi connectivity index (χ2v) is 14.4. The number of nitrogens with one attached hydrogen (secondary N) is 3. The van der Waals surface area contributed by atoms with Crippen molar-refractivity contribution in [2.75, 3.05) is 7.11 Å². The van der Waals surface area contributed by atoms with Crippen LogP contribution in [0.4, 0.5) is 4.79 Å². The molecule has 46 heavy (non-hydrogen) atoms. The van der Waals surface area contributed by atoms with E-state index in [0.29, 0.717) is 22.3 Å². The number of amides is 3. The summed E-state index contributed by atoms with van der Waals surface area (Å²) in [5.41, 5.74) is 7.04. The maximum atomic E-state index is 13.4. The smallest absolute Gasteiger partial charge is 0.408 e. The monoisotopic (exact) mass is 642 g/mol. The van der Waals surface area contributed by atoms with Crippen LogP contribution < -0.4 is 21.7 Å². The van der Waals surface area contributed by atoms with Gasteiger partial charge in [0.15, 0.2) is 6.17 Å². The summed E-state index contributed by atoms with van der Waals surface area (Å²) in [6, 6.07) is 7.43. The minimum Gasteiger partial charge on any atom is -0.508 e. The predicted octanol–water partition coefficient (Wildman–Crippen LogP) is 3.43. The molecular weight excluding hydrogens is 592 g/mol. The van der Waals surface area contributed by atoms with E-state index in [4.69, 9.17) is 15.2 Å². The third-order valence-electron chi connectivity index (χ3n) is 7.01. The van der Waals surface area contributed by atoms with Crippen LogP contribution in [0.3, 0.4) is 0 Å². The summed E-state index contributed by atoms with van der Waals surface area (Å²) in [6.07, 6.45) is -2.43. The molecular formula is C34H50N4O8. The molecule has 0 saturated carbocycles. The Morgan fingerprint density at radius 1 is 0.717 bits per heavy atom. The van der Waals surface area contributed by atoms with Gasteiger partial charge in [-0.05, 0) is 66.0 Å². The van der Waals surface area contributed by atoms with Gasteiger partial charge in [-0.2, -0.15) is 0 Å². The Morgan fingerprint density at radius 2 is 1.17 bits per heavy atom. The minimum atomic E-state index is -1.60. The number of carbonyl (C=O) groups excluding carboxylic acids is 4. The van der Waals surface area contributed by atoms with E-state index < -0.39 is 53.1 Å². The molecule has 12 nitrogen and oxygen atoms in total. The van der Waals surface area contributed by atoms with Crippen LogP contribution in [0.25, 0.3) is 0 Å². The Kier molecular flexibility index (Phi) is 12.2. The molecule has 0 aromatic heterocycles. The predicted molar refractivity (Wildman–Crippen MR) is 174 cm³/mol. The van der Waals surface area contributed by atoms with Gasteiger partial charge in [0.25, 0.3) is 5.91 Å². The number of aromatic hydroxyl groups is 2. The van der Waals surface area contributed by atoms with Crippen molar-refractivity contribution in [2.24, 2.45) is 5.73 Å². The van der Waals surface area contributed by atoms with E-state index in [-0.39, 0.29) is 29.8 Å². The highest BCUT2D eigenvalue weighted by Gasteiger charge is 2.31. The minimum absolute atomic E-state index is 0.00940. The maximum absolute atomic E-state index is 13.4. The van der Waals surface area contributed by atoms with Crippen molar-refractivity contribution in [2.45, 2.75) is 110 Å². The first-order valence-corrected chi connectivity index (χ1v) is 15.1. The first-order chi connectivity index (χ1) is 21.0. The molecule has 0 bridgehead atoms. The van der Waals surface area contributed by atoms with Gasteiger partial charge in [-0.3, -0.25) is 9.59 Å². The number of nitrogens with two attached hydrogens (primary N) is 1. The molecule has 2 rings (SSSR count). The molecule has 254 valence electrons. The topological polar surface area (TPSA) is 189 Å². The van der Waals surface area contributed by atoms with E-state index in [1.807, 2.05) is 41.5 Å². The molecule has 0 unspecified atom stereocenters. The van der Waals surface area contributed by atoms with Gasteiger partial charge in [0, 0.05) is 12.8 Å². The fourth-order valence-corrected chi connectivity index (χ4v) is 4.67. The number of hydrogen-bond acceptors (Lipinski definition) is 9. The van der Waals surface area contributed by atoms with Crippen LogP contribution in [0.1, 0.15) is 84.6 Å². The molecule has 0 spiro atoms. The van der Waals surface area contributed by atoms with Crippen molar-refractivity contribution in [1.29, 1.82) is 0 Å². The number of ether oxygens (including phenoxy) is 2. The van der Waals surface area contributed by atoms with Crippen molar-refractivity contribution in [1.82, 2.24) is 16.0 Å². The van der Waals surface area contributed by atoms with Gasteiger partial charge in [-0.1, -0.05) is 65.8 Å². The molecule has 0 aliphatic heterocycles. The van der Waals surface area contributed by atoms with Crippen LogP contribution in [0.5, 0.6) is 11.5 Å². The van der Waals surface area contributed by atoms with Crippen LogP contribution in [-0.2, 0) is 47.5 Å². The molecule has 0 radical (unpaired) electrons. The van der Waals surface area contributed by atoms with Gasteiger partial charge in [-0.15, -0.1) is 0 Å². The van der Waals surface area contributed by atoms with E-state index >= 15 is 0 Å². The van der Waals surface area contributed by atoms with Gasteiger partial charge >= 0.3 is 12.1 Å². The van der Waals surface area contributed by atoms with Crippen LogP contribution in [-0.4, -0.2) is 65.1 Å². The SMILES string of the molecule is COC(=O)[C@H](Cc1ccc(O)c(C(C)(C)C)c1)NC(=O)[C@H](N)NC(=O)[C@H](Cc1ccc(O)c(C(C)(C)C)c1)NC(=O)OC(C)(C)C. The molecule has 2 aromatic rings. The fourth-order valence-electron chi connectivity index (χ4n) is 4.67. The highest BCUT2D eigenvalue weighted by atomic mass is 16.6. The third-order valence-corrected chi connectivity index (χ3v) is 7.01. The Morgan fingerprint density at radius 3 is 1.59 bits per heavy atom. The number of methoxy groups -OCH3 is 1. The van der Waals surface area contributed by atoms with Crippen LogP contribution in [0.2, 0.25) is 0 Å². The molecule has 0 aliphatic carbocycles. The van der Waals surface area contributed by atoms with Crippen LogP contribution >= 0.6 is 0 Å². The summed E-state index contributed by atoms with van der Waals surface area (Å²) in [4.78, 5) is 51.8. The first-order valence-electron chi connectivity index (χ1n) is 15.1. The lowest BCUT2D eigenvalue weighted by Gasteiger charge is -2.26. The second-order valence-electron chi connectivity index (χ2n) is 14.4. The van der Waals surface area contributed by atoms with Gasteiger partial charge < -0.3 is 41.4 Å². The van der Waals surface area contributed by atoms with Crippen LogP contribution in [0.15, 0.2) is 36.4 Å². The standard InChI is InChI=1S/C34H50N4O8/c1-32(2,3)21-15-19(11-13-25(21)39)17-23(37-31(44)46-34(7,8)9)28(41)38-27(35)29(42)36-24(30(43)45-10)18-20-12-14-26(40)22(16-20)33(4,5)6/h11-16,23-24,27,39-40H,17-18,35H2,1-10H3,(H,36,42)(H,37,44)(H,38,41)/t23-,24-,27+/m0/s1. The van der Waals surface area contributed by atoms with Crippen molar-refractivity contribution in [3.8, 4) is 11.5 Å². The second kappa shape index (κ2) is 14.8. The number of phenolic OH excluding ortho intramolecular Hbond substituents is 2. The number of hydrogen-bond donors (Lipinski definition) is 6. The summed E-state index contributed by atoms with van der Waals surface area (Å²) in [7, 11) is 1.18. The van der Waals surface area contributed by atoms with Gasteiger partial charge in [0.1, 0.15) is 29.2 Å². The lowest BCUT2D eigenvalue weighted by molar-refractivity contribution is -0.145. The first kappa shape index (κ1) is 37.9. The molecule has 0 heterocycles. The van der Waals surface area contributed by atoms with Gasteiger partial charge in [0.05, 0.1) is 7.11 Å². The molecule has 3 atom stereocenters. The molecule has 12 heteroatoms. The van der Waals surface area contributed by atoms with E-state index in [2.05, 4.69) is 16.0 Å². The van der Waals surface area contributed by atoms with Crippen molar-refractivity contribution in [3.05, 3.63) is 58.7 Å². The van der Waals surface area contributed by atoms with E-state index in [9.17, 15) is 29.4 Å². The number of rotatable bonds is 10. The Labute approximate surface area is 271 Å². The molecule has 2 aromatic carbocycles. The summed E-state index contributed by atoms with van der Waals surface area (Å²) in [5, 5.41) is 28.2. The molecule has 7 N–H and O–H groups in total. The summed E-state index contributed by atoms with van der Waals surface area (Å²) in [5.74, 6) is -2.17. The summed E-state index contributed by atoms with van der Waals surface area (Å²) < 4.78 is 10.2. The Bertz CT molecular complexity index is 1420. The van der Waals surface area contributed by atoms with Crippen molar-refractivity contribution < 1.29 is 38.9 Å². The van der Waals surface area contributed by atoms with Crippen LogP contribution in [0, 0.1) is 0 Å². The Balaban J connectivity index is 2.27. The quantitative estimate of drug-likeness (QED) is 0.167. The average molecular weight is 643 g/mol. The zero-order chi connectivity index (χ0) is 35.2. The van der Waals surface area contributed by atoms with E-state index in [1.165, 1.54) is 19.2 Å². The van der Waals surface area contributed by atoms with E-state index in [1.54, 1.807) is 45.0 Å². The van der Waals surface area contributed by atoms with Gasteiger partial charge in [0.2, 0.25) is 5.91 Å². The zero-order valence-electron chi connectivity index (χ0n) is 28.5. The number of carbonyl (C=O) groups is 4. The lowest BCUT2D eigenvalue weighted by Crippen LogP contribution is -2.60. The Hall–Kier alpha value is -4.32. The fraction of sp³-hybridized carbons (Fsp3) is 0.529. The maximum Gasteiger partial charge on any atom is 0.408 e. The van der Waals surface area contributed by atoms with Gasteiger partial charge in [-0.25, -0.2) is 9.59 Å². The normalized spacial score (nSPS) is 14.0. The number of phenols is 2.